The first-order chi connectivity index (χ1) is 12.9. The van der Waals surface area contributed by atoms with Crippen LogP contribution in [0.1, 0.15) is 19.8 Å². The molecule has 27 heavy (non-hydrogen) atoms. The van der Waals surface area contributed by atoms with Crippen molar-refractivity contribution in [2.24, 2.45) is 0 Å². The highest BCUT2D eigenvalue weighted by Gasteiger charge is 2.52. The third-order valence-electron chi connectivity index (χ3n) is 4.93. The molecule has 2 aliphatic rings. The first kappa shape index (κ1) is 18.6. The van der Waals surface area contributed by atoms with Gasteiger partial charge in [0.15, 0.2) is 5.13 Å². The molecule has 1 aromatic carbocycles. The highest BCUT2D eigenvalue weighted by atomic mass is 35.5. The van der Waals surface area contributed by atoms with Crippen LogP contribution in [0.2, 0.25) is 5.02 Å². The second-order valence-corrected chi connectivity index (χ2v) is 9.41. The number of nitrogens with one attached hydrogen (secondary N) is 1. The Morgan fingerprint density at radius 3 is 3.04 bits per heavy atom. The van der Waals surface area contributed by atoms with Crippen LogP contribution in [-0.4, -0.2) is 45.5 Å². The fourth-order valence-electron chi connectivity index (χ4n) is 3.49. The van der Waals surface area contributed by atoms with Gasteiger partial charge in [-0.25, -0.2) is 4.98 Å². The Morgan fingerprint density at radius 1 is 1.48 bits per heavy atom. The Bertz CT molecular complexity index is 919. The minimum Gasteiger partial charge on any atom is -0.495 e. The molecule has 4 rings (SSSR count). The summed E-state index contributed by atoms with van der Waals surface area (Å²) in [5.41, 5.74) is 1.57. The predicted molar refractivity (Wildman–Crippen MR) is 108 cm³/mol. The van der Waals surface area contributed by atoms with Crippen LogP contribution in [0.5, 0.6) is 5.75 Å². The second-order valence-electron chi connectivity index (χ2n) is 6.64. The number of carbonyl (C=O) groups is 2. The maximum Gasteiger partial charge on any atom is 0.249 e. The van der Waals surface area contributed by atoms with Crippen LogP contribution in [0.15, 0.2) is 23.6 Å². The van der Waals surface area contributed by atoms with Crippen LogP contribution in [0, 0.1) is 0 Å². The fraction of sp³-hybridized carbons (Fsp3) is 0.389. The van der Waals surface area contributed by atoms with Gasteiger partial charge < -0.3 is 15.0 Å². The van der Waals surface area contributed by atoms with Crippen molar-refractivity contribution in [2.45, 2.75) is 30.7 Å². The maximum absolute atomic E-state index is 12.7. The molecule has 2 unspecified atom stereocenters. The summed E-state index contributed by atoms with van der Waals surface area (Å²) >= 11 is 9.19. The quantitative estimate of drug-likeness (QED) is 0.808. The van der Waals surface area contributed by atoms with Crippen LogP contribution < -0.4 is 10.1 Å². The van der Waals surface area contributed by atoms with E-state index in [2.05, 4.69) is 10.3 Å². The molecule has 0 spiro atoms. The largest absolute Gasteiger partial charge is 0.495 e. The zero-order valence-corrected chi connectivity index (χ0v) is 17.2. The van der Waals surface area contributed by atoms with E-state index >= 15 is 0 Å². The highest BCUT2D eigenvalue weighted by Crippen LogP contribution is 2.47. The average molecular weight is 424 g/mol. The predicted octanol–water partition coefficient (Wildman–Crippen LogP) is 3.86. The minimum absolute atomic E-state index is 0.0513. The molecule has 0 radical (unpaired) electrons. The number of amides is 2. The monoisotopic (exact) mass is 423 g/mol. The second kappa shape index (κ2) is 7.00. The number of halogens is 1. The van der Waals surface area contributed by atoms with E-state index in [9.17, 15) is 9.59 Å². The number of ether oxygens (including phenoxy) is 1. The van der Waals surface area contributed by atoms with Crippen molar-refractivity contribution < 1.29 is 14.3 Å². The summed E-state index contributed by atoms with van der Waals surface area (Å²) in [5, 5.41) is 5.74. The number of benzene rings is 1. The third kappa shape index (κ3) is 3.30. The molecule has 1 aromatic heterocycles. The molecule has 142 valence electrons. The summed E-state index contributed by atoms with van der Waals surface area (Å²) in [6.07, 6.45) is 1.30. The highest BCUT2D eigenvalue weighted by molar-refractivity contribution is 8.01. The molecule has 6 nitrogen and oxygen atoms in total. The molecule has 2 aliphatic heterocycles. The third-order valence-corrected chi connectivity index (χ3v) is 7.49. The lowest BCUT2D eigenvalue weighted by molar-refractivity contribution is -0.135. The number of anilines is 1. The molecular weight excluding hydrogens is 406 g/mol. The van der Waals surface area contributed by atoms with E-state index in [4.69, 9.17) is 16.3 Å². The van der Waals surface area contributed by atoms with Crippen molar-refractivity contribution in [1.82, 2.24) is 9.88 Å². The van der Waals surface area contributed by atoms with Crippen molar-refractivity contribution >= 4 is 51.6 Å². The van der Waals surface area contributed by atoms with Gasteiger partial charge in [-0.15, -0.1) is 23.1 Å². The van der Waals surface area contributed by atoms with Crippen LogP contribution in [0.4, 0.5) is 5.13 Å². The lowest BCUT2D eigenvalue weighted by atomic mass is 10.2. The molecule has 9 heteroatoms. The van der Waals surface area contributed by atoms with E-state index in [1.807, 2.05) is 18.4 Å². The number of rotatable bonds is 4. The van der Waals surface area contributed by atoms with Crippen molar-refractivity contribution in [3.8, 4) is 17.0 Å². The van der Waals surface area contributed by atoms with Gasteiger partial charge in [-0.3, -0.25) is 9.59 Å². The Hall–Kier alpha value is -1.77. The van der Waals surface area contributed by atoms with Crippen LogP contribution in [-0.2, 0) is 9.59 Å². The van der Waals surface area contributed by atoms with Crippen LogP contribution in [0.25, 0.3) is 11.3 Å². The standard InChI is InChI=1S/C18H18ClN3O3S2/c1-18-6-5-15(23)22(18)13(9-27-18)16(24)21-17-20-12(8-26-17)10-3-4-14(25-2)11(19)7-10/h3-4,7-8,13H,5-6,9H2,1-2H3,(H,20,21,24). The van der Waals surface area contributed by atoms with Gasteiger partial charge in [0.2, 0.25) is 11.8 Å². The zero-order chi connectivity index (χ0) is 19.2. The molecule has 3 heterocycles. The van der Waals surface area contributed by atoms with Crippen LogP contribution >= 0.6 is 34.7 Å². The molecule has 0 aliphatic carbocycles. The van der Waals surface area contributed by atoms with E-state index in [-0.39, 0.29) is 16.7 Å². The van der Waals surface area contributed by atoms with Gasteiger partial charge in [0.1, 0.15) is 11.8 Å². The van der Waals surface area contributed by atoms with Gasteiger partial charge in [-0.1, -0.05) is 11.6 Å². The van der Waals surface area contributed by atoms with Crippen LogP contribution in [0.3, 0.4) is 0 Å². The summed E-state index contributed by atoms with van der Waals surface area (Å²) in [5.74, 6) is 1.08. The van der Waals surface area contributed by atoms with Crippen molar-refractivity contribution in [3.05, 3.63) is 28.6 Å². The number of methoxy groups -OCH3 is 1. The summed E-state index contributed by atoms with van der Waals surface area (Å²) in [7, 11) is 1.56. The van der Waals surface area contributed by atoms with Gasteiger partial charge in [-0.05, 0) is 31.5 Å². The summed E-state index contributed by atoms with van der Waals surface area (Å²) < 4.78 is 5.16. The fourth-order valence-corrected chi connectivity index (χ4v) is 5.91. The molecule has 0 bridgehead atoms. The van der Waals surface area contributed by atoms with Gasteiger partial charge in [0.25, 0.3) is 0 Å². The molecule has 2 fully saturated rings. The Morgan fingerprint density at radius 2 is 2.30 bits per heavy atom. The maximum atomic E-state index is 12.7. The topological polar surface area (TPSA) is 71.5 Å². The number of carbonyl (C=O) groups excluding carboxylic acids is 2. The smallest absolute Gasteiger partial charge is 0.249 e. The summed E-state index contributed by atoms with van der Waals surface area (Å²) in [4.78, 5) is 30.9. The Labute approximate surface area is 170 Å². The minimum atomic E-state index is -0.446. The number of hydrogen-bond acceptors (Lipinski definition) is 6. The molecule has 2 aromatic rings. The van der Waals surface area contributed by atoms with Crippen molar-refractivity contribution in [1.29, 1.82) is 0 Å². The molecule has 2 amide bonds. The number of nitrogens with zero attached hydrogens (tertiary/aromatic N) is 2. The molecular formula is C18H18ClN3O3S2. The number of hydrogen-bond donors (Lipinski definition) is 1. The zero-order valence-electron chi connectivity index (χ0n) is 14.8. The lowest BCUT2D eigenvalue weighted by Gasteiger charge is -2.29. The normalized spacial score (nSPS) is 24.2. The first-order valence-corrected chi connectivity index (χ1v) is 10.7. The van der Waals surface area contributed by atoms with E-state index in [0.717, 1.165) is 17.7 Å². The van der Waals surface area contributed by atoms with E-state index in [1.54, 1.807) is 35.9 Å². The number of aromatic nitrogens is 1. The Kier molecular flexibility index (Phi) is 4.82. The molecule has 2 atom stereocenters. The van der Waals surface area contributed by atoms with Crippen molar-refractivity contribution in [3.63, 3.8) is 0 Å². The van der Waals surface area contributed by atoms with Gasteiger partial charge in [0, 0.05) is 23.1 Å². The van der Waals surface area contributed by atoms with Gasteiger partial charge in [0.05, 0.1) is 22.7 Å². The lowest BCUT2D eigenvalue weighted by Crippen LogP contribution is -2.48. The SMILES string of the molecule is COc1ccc(-c2csc(NC(=O)C3CSC4(C)CCC(=O)N34)n2)cc1Cl. The molecule has 0 saturated carbocycles. The van der Waals surface area contributed by atoms with E-state index in [1.165, 1.54) is 11.3 Å². The number of thioether (sulfide) groups is 1. The van der Waals surface area contributed by atoms with Gasteiger partial charge >= 0.3 is 0 Å². The molecule has 1 N–H and O–H groups in total. The first-order valence-electron chi connectivity index (χ1n) is 8.48. The number of fused-ring (bicyclic) bond motifs is 1. The van der Waals surface area contributed by atoms with Gasteiger partial charge in [-0.2, -0.15) is 0 Å². The Balaban J connectivity index is 1.49. The van der Waals surface area contributed by atoms with Crippen molar-refractivity contribution in [2.75, 3.05) is 18.2 Å². The summed E-state index contributed by atoms with van der Waals surface area (Å²) in [6, 6.07) is 4.99. The van der Waals surface area contributed by atoms with E-state index in [0.29, 0.717) is 28.1 Å². The number of thiazole rings is 1. The molecule has 2 saturated heterocycles. The van der Waals surface area contributed by atoms with E-state index < -0.39 is 6.04 Å². The average Bonchev–Trinajstić information content (AvgIpc) is 3.31. The summed E-state index contributed by atoms with van der Waals surface area (Å²) in [6.45, 7) is 2.03.